The standard InChI is InChI=1S/C11H20N2O6S.CH4O3S/c1-5-18-10(15)11(3,4)6-19-20(16,17)13-7(2)8(12)9(13)14;1-5(2,3)4/h7-8H,5-6,12H2,1-4H3;1H3,(H,2,3,4). The molecule has 148 valence electrons. The van der Waals surface area contributed by atoms with Crippen LogP contribution in [-0.2, 0) is 38.9 Å². The summed E-state index contributed by atoms with van der Waals surface area (Å²) in [6, 6.07) is -1.50. The van der Waals surface area contributed by atoms with Crippen LogP contribution in [0, 0.1) is 5.41 Å². The van der Waals surface area contributed by atoms with Gasteiger partial charge in [-0.05, 0) is 27.7 Å². The van der Waals surface area contributed by atoms with E-state index in [0.29, 0.717) is 10.6 Å². The first-order valence-corrected chi connectivity index (χ1v) is 10.3. The lowest BCUT2D eigenvalue weighted by atomic mass is 9.95. The van der Waals surface area contributed by atoms with E-state index in [-0.39, 0.29) is 6.61 Å². The van der Waals surface area contributed by atoms with Crippen LogP contribution in [-0.4, -0.2) is 69.1 Å². The van der Waals surface area contributed by atoms with Gasteiger partial charge in [0, 0.05) is 0 Å². The quantitative estimate of drug-likeness (QED) is 0.314. The number of hydrogen-bond acceptors (Lipinski definition) is 9. The molecular weight excluding hydrogens is 380 g/mol. The first kappa shape index (κ1) is 23.7. The number of esters is 1. The van der Waals surface area contributed by atoms with Gasteiger partial charge in [0.2, 0.25) is 0 Å². The third kappa shape index (κ3) is 7.23. The second-order valence-corrected chi connectivity index (χ2v) is 8.91. The maximum atomic E-state index is 11.9. The SMILES string of the molecule is CCOC(=O)C(C)(C)COS(=O)(=O)N1C(=O)C(N)C1C.CS(=O)(=O)O. The minimum atomic E-state index is -4.24. The number of nitrogens with zero attached hydrogens (tertiary/aromatic N) is 1. The van der Waals surface area contributed by atoms with E-state index < -0.39 is 56.4 Å². The maximum Gasteiger partial charge on any atom is 0.365 e. The number of ether oxygens (including phenoxy) is 1. The van der Waals surface area contributed by atoms with E-state index in [1.165, 1.54) is 20.8 Å². The molecule has 0 saturated carbocycles. The van der Waals surface area contributed by atoms with E-state index in [0.717, 1.165) is 0 Å². The van der Waals surface area contributed by atoms with Gasteiger partial charge in [-0.15, -0.1) is 0 Å². The fraction of sp³-hybridized carbons (Fsp3) is 0.833. The molecule has 13 heteroatoms. The zero-order valence-corrected chi connectivity index (χ0v) is 16.3. The summed E-state index contributed by atoms with van der Waals surface area (Å²) in [7, 11) is -7.91. The summed E-state index contributed by atoms with van der Waals surface area (Å²) in [5.74, 6) is -1.29. The minimum Gasteiger partial charge on any atom is -0.466 e. The number of nitrogens with two attached hydrogens (primary N) is 1. The minimum absolute atomic E-state index is 0.186. The smallest absolute Gasteiger partial charge is 0.365 e. The Kier molecular flexibility index (Phi) is 7.97. The van der Waals surface area contributed by atoms with E-state index in [9.17, 15) is 26.4 Å². The van der Waals surface area contributed by atoms with Crippen molar-refractivity contribution in [2.24, 2.45) is 11.1 Å². The Labute approximate surface area is 147 Å². The van der Waals surface area contributed by atoms with E-state index in [4.69, 9.17) is 19.2 Å². The molecule has 0 aromatic carbocycles. The number of amides is 1. The fourth-order valence-electron chi connectivity index (χ4n) is 1.60. The molecule has 1 aliphatic rings. The van der Waals surface area contributed by atoms with Gasteiger partial charge in [0.1, 0.15) is 6.04 Å². The van der Waals surface area contributed by atoms with Gasteiger partial charge in [0.25, 0.3) is 16.0 Å². The zero-order valence-electron chi connectivity index (χ0n) is 14.6. The number of carbonyl (C=O) groups is 2. The van der Waals surface area contributed by atoms with E-state index >= 15 is 0 Å². The van der Waals surface area contributed by atoms with Gasteiger partial charge in [0.15, 0.2) is 0 Å². The van der Waals surface area contributed by atoms with Gasteiger partial charge >= 0.3 is 16.3 Å². The lowest BCUT2D eigenvalue weighted by molar-refractivity contribution is -0.155. The fourth-order valence-corrected chi connectivity index (χ4v) is 3.03. The van der Waals surface area contributed by atoms with Gasteiger partial charge in [-0.2, -0.15) is 16.8 Å². The Morgan fingerprint density at radius 2 is 1.76 bits per heavy atom. The molecule has 11 nitrogen and oxygen atoms in total. The average Bonchev–Trinajstić information content (AvgIpc) is 2.43. The molecule has 1 saturated heterocycles. The van der Waals surface area contributed by atoms with Crippen LogP contribution in [0.4, 0.5) is 0 Å². The Morgan fingerprint density at radius 1 is 1.32 bits per heavy atom. The van der Waals surface area contributed by atoms with Crippen LogP contribution < -0.4 is 5.73 Å². The third-order valence-electron chi connectivity index (χ3n) is 3.03. The molecule has 25 heavy (non-hydrogen) atoms. The molecule has 1 rings (SSSR count). The van der Waals surface area contributed by atoms with E-state index in [2.05, 4.69) is 0 Å². The molecule has 1 fully saturated rings. The monoisotopic (exact) mass is 404 g/mol. The summed E-state index contributed by atoms with van der Waals surface area (Å²) in [6.45, 7) is 5.91. The summed E-state index contributed by atoms with van der Waals surface area (Å²) in [4.78, 5) is 23.0. The van der Waals surface area contributed by atoms with Crippen LogP contribution in [0.15, 0.2) is 0 Å². The Morgan fingerprint density at radius 3 is 2.12 bits per heavy atom. The van der Waals surface area contributed by atoms with Gasteiger partial charge in [-0.3, -0.25) is 18.3 Å². The molecule has 0 aromatic rings. The molecule has 0 radical (unpaired) electrons. The summed E-state index contributed by atoms with van der Waals surface area (Å²) in [5.41, 5.74) is 4.30. The van der Waals surface area contributed by atoms with Crippen molar-refractivity contribution in [1.29, 1.82) is 0 Å². The predicted molar refractivity (Wildman–Crippen MR) is 87.0 cm³/mol. The topological polar surface area (TPSA) is 170 Å². The van der Waals surface area contributed by atoms with Crippen molar-refractivity contribution in [2.45, 2.75) is 39.8 Å². The highest BCUT2D eigenvalue weighted by atomic mass is 32.2. The molecular formula is C12H24N2O9S2. The van der Waals surface area contributed by atoms with Crippen molar-refractivity contribution < 1.29 is 39.9 Å². The first-order chi connectivity index (χ1) is 11.0. The number of carbonyl (C=O) groups excluding carboxylic acids is 2. The second kappa shape index (κ2) is 8.40. The second-order valence-electron chi connectivity index (χ2n) is 5.96. The number of hydrogen-bond donors (Lipinski definition) is 2. The molecule has 2 atom stereocenters. The highest BCUT2D eigenvalue weighted by molar-refractivity contribution is 7.85. The van der Waals surface area contributed by atoms with Crippen LogP contribution in [0.2, 0.25) is 0 Å². The summed E-state index contributed by atoms with van der Waals surface area (Å²) < 4.78 is 59.8. The van der Waals surface area contributed by atoms with Gasteiger partial charge in [-0.1, -0.05) is 0 Å². The zero-order chi connectivity index (χ0) is 20.2. The lowest BCUT2D eigenvalue weighted by Crippen LogP contribution is -2.69. The normalized spacial score (nSPS) is 21.1. The van der Waals surface area contributed by atoms with Gasteiger partial charge in [-0.25, -0.2) is 4.31 Å². The molecule has 0 aromatic heterocycles. The van der Waals surface area contributed by atoms with Crippen molar-refractivity contribution in [3.05, 3.63) is 0 Å². The molecule has 2 unspecified atom stereocenters. The summed E-state index contributed by atoms with van der Waals surface area (Å²) in [6.07, 6.45) is 0.715. The van der Waals surface area contributed by atoms with Crippen LogP contribution in [0.5, 0.6) is 0 Å². The van der Waals surface area contributed by atoms with E-state index in [1.807, 2.05) is 0 Å². The van der Waals surface area contributed by atoms with Crippen molar-refractivity contribution in [1.82, 2.24) is 4.31 Å². The molecule has 1 aliphatic heterocycles. The van der Waals surface area contributed by atoms with Crippen LogP contribution in [0.3, 0.4) is 0 Å². The lowest BCUT2D eigenvalue weighted by Gasteiger charge is -2.41. The number of β-lactam (4-membered cyclic amide) rings is 1. The maximum absolute atomic E-state index is 11.9. The van der Waals surface area contributed by atoms with Crippen molar-refractivity contribution in [3.8, 4) is 0 Å². The molecule has 0 bridgehead atoms. The molecule has 0 spiro atoms. The summed E-state index contributed by atoms with van der Waals surface area (Å²) >= 11 is 0. The highest BCUT2D eigenvalue weighted by Gasteiger charge is 2.50. The number of rotatable bonds is 6. The van der Waals surface area contributed by atoms with Crippen molar-refractivity contribution >= 4 is 32.3 Å². The largest absolute Gasteiger partial charge is 0.466 e. The molecule has 0 aliphatic carbocycles. The van der Waals surface area contributed by atoms with Crippen molar-refractivity contribution in [2.75, 3.05) is 19.5 Å². The van der Waals surface area contributed by atoms with E-state index in [1.54, 1.807) is 6.92 Å². The van der Waals surface area contributed by atoms with Crippen LogP contribution >= 0.6 is 0 Å². The summed E-state index contributed by atoms with van der Waals surface area (Å²) in [5, 5.41) is 0. The van der Waals surface area contributed by atoms with Crippen molar-refractivity contribution in [3.63, 3.8) is 0 Å². The third-order valence-corrected chi connectivity index (χ3v) is 4.44. The average molecular weight is 404 g/mol. The highest BCUT2D eigenvalue weighted by Crippen LogP contribution is 2.25. The Hall–Kier alpha value is -1.28. The first-order valence-electron chi connectivity index (χ1n) is 7.12. The Bertz CT molecular complexity index is 692. The molecule has 3 N–H and O–H groups in total. The van der Waals surface area contributed by atoms with Gasteiger partial charge in [0.05, 0.1) is 30.9 Å². The molecule has 1 heterocycles. The Balaban J connectivity index is 0.00000101. The van der Waals surface area contributed by atoms with Gasteiger partial charge < -0.3 is 10.5 Å². The van der Waals surface area contributed by atoms with Crippen LogP contribution in [0.1, 0.15) is 27.7 Å². The molecule has 1 amide bonds. The predicted octanol–water partition coefficient (Wildman–Crippen LogP) is -1.10. The van der Waals surface area contributed by atoms with Crippen LogP contribution in [0.25, 0.3) is 0 Å².